The lowest BCUT2D eigenvalue weighted by atomic mass is 10.1. The highest BCUT2D eigenvalue weighted by Gasteiger charge is 2.17. The van der Waals surface area contributed by atoms with E-state index in [-0.39, 0.29) is 12.1 Å². The van der Waals surface area contributed by atoms with Crippen molar-refractivity contribution >= 4 is 17.6 Å². The number of anilines is 1. The molecule has 1 rings (SSSR count). The predicted octanol–water partition coefficient (Wildman–Crippen LogP) is 1.88. The van der Waals surface area contributed by atoms with E-state index >= 15 is 0 Å². The first-order chi connectivity index (χ1) is 7.50. The van der Waals surface area contributed by atoms with Crippen LogP contribution in [0, 0.1) is 11.7 Å². The lowest BCUT2D eigenvalue weighted by molar-refractivity contribution is -0.139. The van der Waals surface area contributed by atoms with Crippen LogP contribution in [0.1, 0.15) is 13.3 Å². The second-order valence-corrected chi connectivity index (χ2v) is 3.47. The number of amides is 1. The van der Waals surface area contributed by atoms with Gasteiger partial charge in [0.2, 0.25) is 5.91 Å². The molecule has 0 radical (unpaired) electrons. The number of carbonyl (C=O) groups is 2. The van der Waals surface area contributed by atoms with E-state index in [4.69, 9.17) is 5.11 Å². The first-order valence-corrected chi connectivity index (χ1v) is 4.78. The lowest BCUT2D eigenvalue weighted by Crippen LogP contribution is -2.23. The molecule has 0 fully saturated rings. The fourth-order valence-electron chi connectivity index (χ4n) is 1.17. The molecule has 0 heterocycles. The zero-order chi connectivity index (χ0) is 12.1. The highest BCUT2D eigenvalue weighted by atomic mass is 19.1. The van der Waals surface area contributed by atoms with Crippen LogP contribution in [0.4, 0.5) is 10.1 Å². The van der Waals surface area contributed by atoms with Crippen molar-refractivity contribution in [2.24, 2.45) is 5.92 Å². The van der Waals surface area contributed by atoms with E-state index in [0.717, 1.165) is 0 Å². The van der Waals surface area contributed by atoms with Gasteiger partial charge in [-0.2, -0.15) is 0 Å². The smallest absolute Gasteiger partial charge is 0.304 e. The molecule has 4 nitrogen and oxygen atoms in total. The molecule has 0 saturated heterocycles. The van der Waals surface area contributed by atoms with Crippen molar-refractivity contribution in [2.75, 3.05) is 5.32 Å². The zero-order valence-electron chi connectivity index (χ0n) is 8.74. The average Bonchev–Trinajstić information content (AvgIpc) is 2.20. The van der Waals surface area contributed by atoms with Crippen LogP contribution in [0.25, 0.3) is 0 Å². The molecular weight excluding hydrogens is 213 g/mol. The maximum atomic E-state index is 13.1. The van der Waals surface area contributed by atoms with Gasteiger partial charge in [-0.15, -0.1) is 0 Å². The molecular formula is C11H12FNO3. The SMILES string of the molecule is CC(CC(=O)O)C(=O)Nc1ccccc1F. The van der Waals surface area contributed by atoms with Crippen LogP contribution in [0.15, 0.2) is 24.3 Å². The van der Waals surface area contributed by atoms with E-state index in [1.165, 1.54) is 25.1 Å². The maximum Gasteiger partial charge on any atom is 0.304 e. The molecule has 0 aliphatic rings. The van der Waals surface area contributed by atoms with Crippen molar-refractivity contribution < 1.29 is 19.1 Å². The number of carboxylic acids is 1. The molecule has 0 spiro atoms. The van der Waals surface area contributed by atoms with Gasteiger partial charge in [0.25, 0.3) is 0 Å². The summed E-state index contributed by atoms with van der Waals surface area (Å²) in [5.74, 6) is -2.81. The summed E-state index contributed by atoms with van der Waals surface area (Å²) in [4.78, 5) is 21.8. The Hall–Kier alpha value is -1.91. The zero-order valence-corrected chi connectivity index (χ0v) is 8.74. The molecule has 86 valence electrons. The van der Waals surface area contributed by atoms with Gasteiger partial charge in [0.1, 0.15) is 5.82 Å². The summed E-state index contributed by atoms with van der Waals surface area (Å²) in [6, 6.07) is 5.73. The largest absolute Gasteiger partial charge is 0.481 e. The summed E-state index contributed by atoms with van der Waals surface area (Å²) >= 11 is 0. The van der Waals surface area contributed by atoms with E-state index < -0.39 is 23.6 Å². The maximum absolute atomic E-state index is 13.1. The molecule has 16 heavy (non-hydrogen) atoms. The Kier molecular flexibility index (Phi) is 3.99. The Balaban J connectivity index is 2.64. The Morgan fingerprint density at radius 3 is 2.62 bits per heavy atom. The van der Waals surface area contributed by atoms with E-state index in [1.807, 2.05) is 0 Å². The molecule has 1 aromatic carbocycles. The normalized spacial score (nSPS) is 11.9. The molecule has 0 aliphatic carbocycles. The van der Waals surface area contributed by atoms with Gasteiger partial charge in [-0.1, -0.05) is 19.1 Å². The number of nitrogens with one attached hydrogen (secondary N) is 1. The van der Waals surface area contributed by atoms with E-state index in [9.17, 15) is 14.0 Å². The number of para-hydroxylation sites is 1. The van der Waals surface area contributed by atoms with Crippen LogP contribution in [-0.4, -0.2) is 17.0 Å². The molecule has 0 bridgehead atoms. The third kappa shape index (κ3) is 3.34. The number of halogens is 1. The van der Waals surface area contributed by atoms with Gasteiger partial charge in [0, 0.05) is 5.92 Å². The number of rotatable bonds is 4. The summed E-state index contributed by atoms with van der Waals surface area (Å²) in [5, 5.41) is 10.8. The minimum atomic E-state index is -1.06. The second-order valence-electron chi connectivity index (χ2n) is 3.47. The van der Waals surface area contributed by atoms with E-state index in [0.29, 0.717) is 0 Å². The van der Waals surface area contributed by atoms with Crippen LogP contribution in [0.5, 0.6) is 0 Å². The minimum Gasteiger partial charge on any atom is -0.481 e. The highest BCUT2D eigenvalue weighted by Crippen LogP contribution is 2.14. The highest BCUT2D eigenvalue weighted by molar-refractivity contribution is 5.94. The molecule has 5 heteroatoms. The number of benzene rings is 1. The van der Waals surface area contributed by atoms with Crippen LogP contribution in [0.3, 0.4) is 0 Å². The summed E-state index contributed by atoms with van der Waals surface area (Å²) in [5.41, 5.74) is 0.0599. The first kappa shape index (κ1) is 12.2. The number of aliphatic carboxylic acids is 1. The standard InChI is InChI=1S/C11H12FNO3/c1-7(6-10(14)15)11(16)13-9-5-3-2-4-8(9)12/h2-5,7H,6H2,1H3,(H,13,16)(H,14,15). The van der Waals surface area contributed by atoms with Crippen molar-refractivity contribution in [3.63, 3.8) is 0 Å². The summed E-state index contributed by atoms with van der Waals surface area (Å²) in [6.45, 7) is 1.48. The fraction of sp³-hybridized carbons (Fsp3) is 0.273. The van der Waals surface area contributed by atoms with Gasteiger partial charge in [0.15, 0.2) is 0 Å². The van der Waals surface area contributed by atoms with Gasteiger partial charge in [-0.25, -0.2) is 4.39 Å². The molecule has 1 amide bonds. The number of hydrogen-bond donors (Lipinski definition) is 2. The van der Waals surface area contributed by atoms with Gasteiger partial charge in [0.05, 0.1) is 12.1 Å². The summed E-state index contributed by atoms with van der Waals surface area (Å²) < 4.78 is 13.1. The predicted molar refractivity (Wildman–Crippen MR) is 56.4 cm³/mol. The van der Waals surface area contributed by atoms with Gasteiger partial charge in [-0.3, -0.25) is 9.59 Å². The molecule has 0 aromatic heterocycles. The minimum absolute atomic E-state index is 0.0599. The summed E-state index contributed by atoms with van der Waals surface area (Å²) in [6.07, 6.45) is -0.277. The van der Waals surface area contributed by atoms with E-state index in [1.54, 1.807) is 6.07 Å². The number of carbonyl (C=O) groups excluding carboxylic acids is 1. The summed E-state index contributed by atoms with van der Waals surface area (Å²) in [7, 11) is 0. The van der Waals surface area contributed by atoms with Crippen molar-refractivity contribution in [2.45, 2.75) is 13.3 Å². The van der Waals surface area contributed by atoms with Crippen LogP contribution >= 0.6 is 0 Å². The lowest BCUT2D eigenvalue weighted by Gasteiger charge is -2.10. The second kappa shape index (κ2) is 5.25. The Morgan fingerprint density at radius 1 is 1.44 bits per heavy atom. The van der Waals surface area contributed by atoms with Crippen LogP contribution < -0.4 is 5.32 Å². The Bertz CT molecular complexity index is 406. The van der Waals surface area contributed by atoms with Gasteiger partial charge < -0.3 is 10.4 Å². The first-order valence-electron chi connectivity index (χ1n) is 4.78. The van der Waals surface area contributed by atoms with Crippen molar-refractivity contribution in [3.05, 3.63) is 30.1 Å². The number of hydrogen-bond acceptors (Lipinski definition) is 2. The average molecular weight is 225 g/mol. The van der Waals surface area contributed by atoms with Crippen LogP contribution in [-0.2, 0) is 9.59 Å². The monoisotopic (exact) mass is 225 g/mol. The quantitative estimate of drug-likeness (QED) is 0.822. The third-order valence-corrected chi connectivity index (χ3v) is 2.06. The van der Waals surface area contributed by atoms with Gasteiger partial charge >= 0.3 is 5.97 Å². The molecule has 1 unspecified atom stereocenters. The van der Waals surface area contributed by atoms with Crippen molar-refractivity contribution in [1.29, 1.82) is 0 Å². The Morgan fingerprint density at radius 2 is 2.06 bits per heavy atom. The topological polar surface area (TPSA) is 66.4 Å². The third-order valence-electron chi connectivity index (χ3n) is 2.06. The molecule has 2 N–H and O–H groups in total. The molecule has 0 saturated carbocycles. The van der Waals surface area contributed by atoms with Crippen LogP contribution in [0.2, 0.25) is 0 Å². The van der Waals surface area contributed by atoms with Gasteiger partial charge in [-0.05, 0) is 12.1 Å². The van der Waals surface area contributed by atoms with Crippen molar-refractivity contribution in [3.8, 4) is 0 Å². The fourth-order valence-corrected chi connectivity index (χ4v) is 1.17. The molecule has 0 aliphatic heterocycles. The molecule has 1 atom stereocenters. The Labute approximate surface area is 92.1 Å². The molecule has 1 aromatic rings. The van der Waals surface area contributed by atoms with E-state index in [2.05, 4.69) is 5.32 Å². The number of carboxylic acid groups (broad SMARTS) is 1. The van der Waals surface area contributed by atoms with Crippen molar-refractivity contribution in [1.82, 2.24) is 0 Å².